The molecule has 3 nitrogen and oxygen atoms in total. The molecule has 3 rings (SSSR count). The molecule has 7 heteroatoms. The molecule has 0 saturated carbocycles. The van der Waals surface area contributed by atoms with Gasteiger partial charge in [-0.25, -0.2) is 0 Å². The summed E-state index contributed by atoms with van der Waals surface area (Å²) in [4.78, 5) is 13.2. The molecule has 3 aromatic carbocycles. The molecule has 1 N–H and O–H groups in total. The summed E-state index contributed by atoms with van der Waals surface area (Å²) in [7, 11) is 0. The number of rotatable bonds is 8. The van der Waals surface area contributed by atoms with Crippen LogP contribution in [0.1, 0.15) is 37.8 Å². The number of benzene rings is 3. The van der Waals surface area contributed by atoms with Crippen LogP contribution in [0, 0.1) is 0 Å². The predicted octanol–water partition coefficient (Wildman–Crippen LogP) is 7.99. The van der Waals surface area contributed by atoms with Crippen molar-refractivity contribution in [3.8, 4) is 5.75 Å². The molecule has 0 spiro atoms. The largest absolute Gasteiger partial charge is 0.478 e. The highest BCUT2D eigenvalue weighted by atomic mass is 35.5. The number of hydrogen-bond acceptors (Lipinski definition) is 2. The summed E-state index contributed by atoms with van der Waals surface area (Å²) in [5.74, 6) is 0.275. The van der Waals surface area contributed by atoms with Crippen molar-refractivity contribution in [2.24, 2.45) is 0 Å². The number of carbonyl (C=O) groups is 1. The minimum atomic E-state index is -1.09. The van der Waals surface area contributed by atoms with Crippen molar-refractivity contribution >= 4 is 52.3 Å². The van der Waals surface area contributed by atoms with Gasteiger partial charge in [-0.05, 0) is 86.8 Å². The Morgan fingerprint density at radius 3 is 2.00 bits per heavy atom. The van der Waals surface area contributed by atoms with Gasteiger partial charge < -0.3 is 10.1 Å². The molecule has 3 aromatic rings. The quantitative estimate of drug-likeness (QED) is 0.324. The fraction of sp³-hybridized carbons (Fsp3) is 0.269. The molecule has 33 heavy (non-hydrogen) atoms. The molecule has 0 aromatic heterocycles. The highest BCUT2D eigenvalue weighted by Gasteiger charge is 2.33. The third-order valence-corrected chi connectivity index (χ3v) is 6.54. The number of halogens is 4. The van der Waals surface area contributed by atoms with Crippen LogP contribution in [-0.2, 0) is 11.2 Å². The molecule has 2 atom stereocenters. The van der Waals surface area contributed by atoms with E-state index in [9.17, 15) is 4.79 Å². The maximum atomic E-state index is 13.2. The average molecular weight is 525 g/mol. The third-order valence-electron chi connectivity index (χ3n) is 5.45. The van der Waals surface area contributed by atoms with Gasteiger partial charge in [-0.15, -0.1) is 0 Å². The fourth-order valence-electron chi connectivity index (χ4n) is 3.54. The third kappa shape index (κ3) is 7.04. The van der Waals surface area contributed by atoms with Crippen LogP contribution >= 0.6 is 46.4 Å². The van der Waals surface area contributed by atoms with E-state index in [0.29, 0.717) is 32.3 Å². The van der Waals surface area contributed by atoms with Crippen molar-refractivity contribution in [2.75, 3.05) is 0 Å². The van der Waals surface area contributed by atoms with Crippen molar-refractivity contribution in [1.29, 1.82) is 0 Å². The second kappa shape index (κ2) is 11.0. The van der Waals surface area contributed by atoms with E-state index >= 15 is 0 Å². The minimum absolute atomic E-state index is 0.0591. The molecule has 0 aliphatic carbocycles. The zero-order valence-corrected chi connectivity index (χ0v) is 21.6. The van der Waals surface area contributed by atoms with Gasteiger partial charge in [-0.2, -0.15) is 0 Å². The number of carbonyl (C=O) groups excluding carboxylic acids is 1. The molecule has 1 amide bonds. The molecule has 0 bridgehead atoms. The molecule has 0 heterocycles. The highest BCUT2D eigenvalue weighted by molar-refractivity contribution is 6.35. The van der Waals surface area contributed by atoms with Crippen LogP contribution in [0.3, 0.4) is 0 Å². The summed E-state index contributed by atoms with van der Waals surface area (Å²) in [5, 5.41) is 5.54. The maximum absolute atomic E-state index is 13.2. The number of hydrogen-bond donors (Lipinski definition) is 1. The molecule has 0 saturated heterocycles. The normalized spacial score (nSPS) is 13.3. The predicted molar refractivity (Wildman–Crippen MR) is 138 cm³/mol. The first kappa shape index (κ1) is 25.7. The van der Waals surface area contributed by atoms with Crippen LogP contribution in [0.25, 0.3) is 0 Å². The van der Waals surface area contributed by atoms with Crippen molar-refractivity contribution in [2.45, 2.75) is 44.8 Å². The van der Waals surface area contributed by atoms with Gasteiger partial charge in [0.2, 0.25) is 0 Å². The van der Waals surface area contributed by atoms with Crippen LogP contribution in [-0.4, -0.2) is 17.6 Å². The lowest BCUT2D eigenvalue weighted by Crippen LogP contribution is -2.51. The van der Waals surface area contributed by atoms with Crippen LogP contribution in [0.15, 0.2) is 66.7 Å². The van der Waals surface area contributed by atoms with Gasteiger partial charge in [0.05, 0.1) is 0 Å². The van der Waals surface area contributed by atoms with Gasteiger partial charge in [0.25, 0.3) is 5.91 Å². The minimum Gasteiger partial charge on any atom is -0.478 e. The van der Waals surface area contributed by atoms with Gasteiger partial charge >= 0.3 is 0 Å². The molecular weight excluding hydrogens is 500 g/mol. The summed E-state index contributed by atoms with van der Waals surface area (Å²) in [6, 6.07) is 19.8. The Morgan fingerprint density at radius 1 is 0.879 bits per heavy atom. The Kier molecular flexibility index (Phi) is 8.58. The SMILES string of the molecule is CC(NC(=O)C(C)(C)Oc1ccc(Cl)cc1)C(Cc1ccc(Cl)cc1Cl)c1ccc(Cl)cc1. The van der Waals surface area contributed by atoms with E-state index in [2.05, 4.69) is 5.32 Å². The fourth-order valence-corrected chi connectivity index (χ4v) is 4.28. The number of nitrogens with one attached hydrogen (secondary N) is 1. The first-order valence-electron chi connectivity index (χ1n) is 10.5. The van der Waals surface area contributed by atoms with E-state index in [1.54, 1.807) is 44.2 Å². The second-order valence-corrected chi connectivity index (χ2v) is 10.1. The number of amides is 1. The number of ether oxygens (including phenoxy) is 1. The van der Waals surface area contributed by atoms with Crippen LogP contribution in [0.5, 0.6) is 5.75 Å². The molecule has 0 radical (unpaired) electrons. The molecular formula is C26H25Cl4NO2. The second-order valence-electron chi connectivity index (χ2n) is 8.43. The first-order valence-corrected chi connectivity index (χ1v) is 12.0. The Morgan fingerprint density at radius 2 is 1.42 bits per heavy atom. The molecule has 2 unspecified atom stereocenters. The standard InChI is InChI=1S/C26H25Cl4NO2/c1-16(31-25(32)26(2,3)33-22-12-10-20(28)11-13-22)23(17-4-7-19(27)8-5-17)14-18-6-9-21(29)15-24(18)30/h4-13,15-16,23H,14H2,1-3H3,(H,31,32). The van der Waals surface area contributed by atoms with Gasteiger partial charge in [0.1, 0.15) is 5.75 Å². The summed E-state index contributed by atoms with van der Waals surface area (Å²) >= 11 is 24.6. The summed E-state index contributed by atoms with van der Waals surface area (Å²) in [6.45, 7) is 5.44. The first-order chi connectivity index (χ1) is 15.5. The average Bonchev–Trinajstić information content (AvgIpc) is 2.75. The smallest absolute Gasteiger partial charge is 0.263 e. The van der Waals surface area contributed by atoms with Gasteiger partial charge in [-0.3, -0.25) is 4.79 Å². The Labute approximate surface area is 215 Å². The lowest BCUT2D eigenvalue weighted by atomic mass is 9.86. The van der Waals surface area contributed by atoms with E-state index in [1.165, 1.54) is 0 Å². The summed E-state index contributed by atoms with van der Waals surface area (Å²) in [5.41, 5.74) is 0.887. The Balaban J connectivity index is 1.81. The van der Waals surface area contributed by atoms with Crippen molar-refractivity contribution in [3.63, 3.8) is 0 Å². The van der Waals surface area contributed by atoms with E-state index in [-0.39, 0.29) is 17.9 Å². The Bertz CT molecular complexity index is 1100. The van der Waals surface area contributed by atoms with E-state index in [0.717, 1.165) is 11.1 Å². The van der Waals surface area contributed by atoms with Crippen LogP contribution < -0.4 is 10.1 Å². The summed E-state index contributed by atoms with van der Waals surface area (Å²) in [6.07, 6.45) is 0.609. The van der Waals surface area contributed by atoms with E-state index in [4.69, 9.17) is 51.1 Å². The van der Waals surface area contributed by atoms with Crippen molar-refractivity contribution < 1.29 is 9.53 Å². The zero-order chi connectivity index (χ0) is 24.2. The molecule has 0 aliphatic heterocycles. The van der Waals surface area contributed by atoms with E-state index < -0.39 is 5.60 Å². The maximum Gasteiger partial charge on any atom is 0.263 e. The molecule has 0 fully saturated rings. The molecule has 0 aliphatic rings. The van der Waals surface area contributed by atoms with Gasteiger partial charge in [0.15, 0.2) is 5.60 Å². The topological polar surface area (TPSA) is 38.3 Å². The zero-order valence-electron chi connectivity index (χ0n) is 18.5. The highest BCUT2D eigenvalue weighted by Crippen LogP contribution is 2.31. The van der Waals surface area contributed by atoms with Crippen molar-refractivity contribution in [3.05, 3.63) is 97.9 Å². The van der Waals surface area contributed by atoms with Crippen LogP contribution in [0.2, 0.25) is 20.1 Å². The van der Waals surface area contributed by atoms with Gasteiger partial charge in [0, 0.05) is 32.1 Å². The Hall–Kier alpha value is -1.91. The van der Waals surface area contributed by atoms with Crippen molar-refractivity contribution in [1.82, 2.24) is 5.32 Å². The van der Waals surface area contributed by atoms with Crippen LogP contribution in [0.4, 0.5) is 0 Å². The van der Waals surface area contributed by atoms with E-state index in [1.807, 2.05) is 43.3 Å². The van der Waals surface area contributed by atoms with Gasteiger partial charge in [-0.1, -0.05) is 64.6 Å². The lowest BCUT2D eigenvalue weighted by molar-refractivity contribution is -0.135. The summed E-state index contributed by atoms with van der Waals surface area (Å²) < 4.78 is 5.95. The monoisotopic (exact) mass is 523 g/mol. The lowest BCUT2D eigenvalue weighted by Gasteiger charge is -2.31. The molecule has 174 valence electrons.